The zero-order chi connectivity index (χ0) is 17.6. The molecule has 1 heterocycles. The quantitative estimate of drug-likeness (QED) is 0.907. The summed E-state index contributed by atoms with van der Waals surface area (Å²) in [5.41, 5.74) is 2.77. The molecule has 2 amide bonds. The van der Waals surface area contributed by atoms with Crippen molar-refractivity contribution in [3.63, 3.8) is 0 Å². The number of aryl methyl sites for hydroxylation is 1. The molecule has 0 radical (unpaired) electrons. The SMILES string of the molecule is Cc1cccc(N2CC(CNC(=O)OCc3ccccc3)OC2=O)c1. The molecule has 1 N–H and O–H groups in total. The highest BCUT2D eigenvalue weighted by Gasteiger charge is 2.32. The molecule has 3 rings (SSSR count). The first-order chi connectivity index (χ1) is 12.1. The molecule has 1 unspecified atom stereocenters. The highest BCUT2D eigenvalue weighted by molar-refractivity contribution is 5.89. The van der Waals surface area contributed by atoms with Gasteiger partial charge in [0, 0.05) is 5.69 Å². The maximum Gasteiger partial charge on any atom is 0.414 e. The average Bonchev–Trinajstić information content (AvgIpc) is 3.00. The number of carbonyl (C=O) groups is 2. The minimum Gasteiger partial charge on any atom is -0.445 e. The lowest BCUT2D eigenvalue weighted by atomic mass is 10.2. The van der Waals surface area contributed by atoms with E-state index in [1.807, 2.05) is 61.5 Å². The maximum atomic E-state index is 12.0. The molecule has 1 aliphatic heterocycles. The second-order valence-corrected chi connectivity index (χ2v) is 5.90. The van der Waals surface area contributed by atoms with Crippen LogP contribution in [0.25, 0.3) is 0 Å². The second kappa shape index (κ2) is 7.70. The van der Waals surface area contributed by atoms with Crippen LogP contribution in [0.15, 0.2) is 54.6 Å². The zero-order valence-corrected chi connectivity index (χ0v) is 14.0. The monoisotopic (exact) mass is 340 g/mol. The molecule has 1 fully saturated rings. The van der Waals surface area contributed by atoms with Gasteiger partial charge < -0.3 is 14.8 Å². The van der Waals surface area contributed by atoms with Crippen molar-refractivity contribution in [1.82, 2.24) is 5.32 Å². The number of benzene rings is 2. The van der Waals surface area contributed by atoms with Gasteiger partial charge in [-0.1, -0.05) is 42.5 Å². The van der Waals surface area contributed by atoms with Gasteiger partial charge in [0.25, 0.3) is 0 Å². The van der Waals surface area contributed by atoms with Crippen LogP contribution in [0, 0.1) is 6.92 Å². The summed E-state index contributed by atoms with van der Waals surface area (Å²) in [6.45, 7) is 2.77. The van der Waals surface area contributed by atoms with Gasteiger partial charge >= 0.3 is 12.2 Å². The lowest BCUT2D eigenvalue weighted by molar-refractivity contribution is 0.121. The van der Waals surface area contributed by atoms with Gasteiger partial charge in [-0.2, -0.15) is 0 Å². The number of ether oxygens (including phenoxy) is 2. The van der Waals surface area contributed by atoms with Gasteiger partial charge in [0.1, 0.15) is 12.7 Å². The normalized spacial score (nSPS) is 16.4. The molecule has 0 aliphatic carbocycles. The van der Waals surface area contributed by atoms with Gasteiger partial charge in [-0.25, -0.2) is 9.59 Å². The number of amides is 2. The third kappa shape index (κ3) is 4.50. The molecule has 25 heavy (non-hydrogen) atoms. The molecule has 1 aliphatic rings. The van der Waals surface area contributed by atoms with Gasteiger partial charge in [0.2, 0.25) is 0 Å². The van der Waals surface area contributed by atoms with Crippen LogP contribution in [-0.4, -0.2) is 31.4 Å². The molecular weight excluding hydrogens is 320 g/mol. The summed E-state index contributed by atoms with van der Waals surface area (Å²) in [6.07, 6.45) is -1.35. The molecule has 2 aromatic rings. The Bertz CT molecular complexity index is 748. The number of nitrogens with one attached hydrogen (secondary N) is 1. The fourth-order valence-corrected chi connectivity index (χ4v) is 2.61. The highest BCUT2D eigenvalue weighted by atomic mass is 16.6. The smallest absolute Gasteiger partial charge is 0.414 e. The fourth-order valence-electron chi connectivity index (χ4n) is 2.61. The Balaban J connectivity index is 1.46. The Labute approximate surface area is 146 Å². The molecule has 6 nitrogen and oxygen atoms in total. The Hall–Kier alpha value is -3.02. The average molecular weight is 340 g/mol. The first kappa shape index (κ1) is 16.8. The fraction of sp³-hybridized carbons (Fsp3) is 0.263. The van der Waals surface area contributed by atoms with E-state index < -0.39 is 18.3 Å². The van der Waals surface area contributed by atoms with Crippen molar-refractivity contribution < 1.29 is 19.1 Å². The molecule has 0 saturated carbocycles. The van der Waals surface area contributed by atoms with Crippen molar-refractivity contribution in [2.45, 2.75) is 19.6 Å². The summed E-state index contributed by atoms with van der Waals surface area (Å²) in [5.74, 6) is 0. The van der Waals surface area contributed by atoms with Gasteiger partial charge in [0.05, 0.1) is 13.1 Å². The lowest BCUT2D eigenvalue weighted by Gasteiger charge is -2.13. The van der Waals surface area contributed by atoms with E-state index in [0.717, 1.165) is 16.8 Å². The van der Waals surface area contributed by atoms with E-state index in [0.29, 0.717) is 6.54 Å². The van der Waals surface area contributed by atoms with E-state index in [2.05, 4.69) is 5.32 Å². The van der Waals surface area contributed by atoms with Gasteiger partial charge in [-0.3, -0.25) is 4.90 Å². The van der Waals surface area contributed by atoms with Crippen LogP contribution in [0.2, 0.25) is 0 Å². The third-order valence-corrected chi connectivity index (χ3v) is 3.87. The number of cyclic esters (lactones) is 1. The maximum absolute atomic E-state index is 12.0. The summed E-state index contributed by atoms with van der Waals surface area (Å²) >= 11 is 0. The largest absolute Gasteiger partial charge is 0.445 e. The van der Waals surface area contributed by atoms with E-state index in [1.165, 1.54) is 0 Å². The summed E-state index contributed by atoms with van der Waals surface area (Å²) in [6, 6.07) is 17.1. The van der Waals surface area contributed by atoms with Crippen molar-refractivity contribution in [1.29, 1.82) is 0 Å². The van der Waals surface area contributed by atoms with Gasteiger partial charge in [-0.05, 0) is 30.2 Å². The van der Waals surface area contributed by atoms with Crippen LogP contribution in [-0.2, 0) is 16.1 Å². The van der Waals surface area contributed by atoms with Crippen LogP contribution in [0.1, 0.15) is 11.1 Å². The molecule has 1 atom stereocenters. The summed E-state index contributed by atoms with van der Waals surface area (Å²) < 4.78 is 10.4. The number of nitrogens with zero attached hydrogens (tertiary/aromatic N) is 1. The van der Waals surface area contributed by atoms with Crippen molar-refractivity contribution >= 4 is 17.9 Å². The van der Waals surface area contributed by atoms with E-state index in [4.69, 9.17) is 9.47 Å². The molecular formula is C19H20N2O4. The van der Waals surface area contributed by atoms with Crippen LogP contribution in [0.5, 0.6) is 0 Å². The first-order valence-corrected chi connectivity index (χ1v) is 8.11. The van der Waals surface area contributed by atoms with Crippen molar-refractivity contribution in [3.8, 4) is 0 Å². The predicted molar refractivity (Wildman–Crippen MR) is 93.4 cm³/mol. The van der Waals surface area contributed by atoms with E-state index in [1.54, 1.807) is 4.90 Å². The van der Waals surface area contributed by atoms with Crippen LogP contribution >= 0.6 is 0 Å². The molecule has 2 aromatic carbocycles. The number of hydrogen-bond donors (Lipinski definition) is 1. The number of hydrogen-bond acceptors (Lipinski definition) is 4. The zero-order valence-electron chi connectivity index (χ0n) is 14.0. The number of rotatable bonds is 5. The highest BCUT2D eigenvalue weighted by Crippen LogP contribution is 2.22. The molecule has 0 bridgehead atoms. The number of anilines is 1. The lowest BCUT2D eigenvalue weighted by Crippen LogP contribution is -2.34. The van der Waals surface area contributed by atoms with Crippen LogP contribution < -0.4 is 10.2 Å². The molecule has 130 valence electrons. The summed E-state index contributed by atoms with van der Waals surface area (Å²) in [4.78, 5) is 25.3. The summed E-state index contributed by atoms with van der Waals surface area (Å²) in [5, 5.41) is 2.63. The van der Waals surface area contributed by atoms with Crippen LogP contribution in [0.3, 0.4) is 0 Å². The number of alkyl carbamates (subject to hydrolysis) is 1. The van der Waals surface area contributed by atoms with Gasteiger partial charge in [0.15, 0.2) is 0 Å². The van der Waals surface area contributed by atoms with E-state index in [9.17, 15) is 9.59 Å². The van der Waals surface area contributed by atoms with Crippen molar-refractivity contribution in [3.05, 3.63) is 65.7 Å². The minimum atomic E-state index is -0.533. The van der Waals surface area contributed by atoms with E-state index >= 15 is 0 Å². The van der Waals surface area contributed by atoms with Gasteiger partial charge in [-0.15, -0.1) is 0 Å². The predicted octanol–water partition coefficient (Wildman–Crippen LogP) is 3.25. The standard InChI is InChI=1S/C19H20N2O4/c1-14-6-5-9-16(10-14)21-12-17(25-19(21)23)11-20-18(22)24-13-15-7-3-2-4-8-15/h2-10,17H,11-13H2,1H3,(H,20,22). The van der Waals surface area contributed by atoms with Crippen LogP contribution in [0.4, 0.5) is 15.3 Å². The van der Waals surface area contributed by atoms with Crippen molar-refractivity contribution in [2.75, 3.05) is 18.0 Å². The minimum absolute atomic E-state index is 0.201. The molecule has 1 saturated heterocycles. The third-order valence-electron chi connectivity index (χ3n) is 3.87. The van der Waals surface area contributed by atoms with E-state index in [-0.39, 0.29) is 13.2 Å². The second-order valence-electron chi connectivity index (χ2n) is 5.90. The van der Waals surface area contributed by atoms with Crippen molar-refractivity contribution in [2.24, 2.45) is 0 Å². The molecule has 6 heteroatoms. The summed E-state index contributed by atoms with van der Waals surface area (Å²) in [7, 11) is 0. The Kier molecular flexibility index (Phi) is 5.18. The first-order valence-electron chi connectivity index (χ1n) is 8.11. The molecule has 0 spiro atoms. The Morgan fingerprint density at radius 1 is 1.24 bits per heavy atom. The number of carbonyl (C=O) groups excluding carboxylic acids is 2. The Morgan fingerprint density at radius 3 is 2.80 bits per heavy atom. The topological polar surface area (TPSA) is 67.9 Å². The Morgan fingerprint density at radius 2 is 2.04 bits per heavy atom. The molecule has 0 aromatic heterocycles.